The molecule has 3 nitrogen and oxygen atoms in total. The minimum Gasteiger partial charge on any atom is -0.493 e. The van der Waals surface area contributed by atoms with Crippen LogP contribution in [0.15, 0.2) is 36.4 Å². The number of ether oxygens (including phenoxy) is 2. The lowest BCUT2D eigenvalue weighted by Crippen LogP contribution is -2.15. The average molecular weight is 447 g/mol. The number of halogens is 3. The summed E-state index contributed by atoms with van der Waals surface area (Å²) in [6.07, 6.45) is 6.38. The molecule has 0 saturated heterocycles. The van der Waals surface area contributed by atoms with Crippen molar-refractivity contribution in [3.63, 3.8) is 0 Å². The lowest BCUT2D eigenvalue weighted by Gasteiger charge is -2.16. The molecule has 0 unspecified atom stereocenters. The number of unbranched alkanes of at least 4 members (excludes halogenated alkanes) is 4. The van der Waals surface area contributed by atoms with Crippen LogP contribution < -0.4 is 14.8 Å². The molecule has 0 atom stereocenters. The Morgan fingerprint density at radius 1 is 0.964 bits per heavy atom. The fourth-order valence-corrected chi connectivity index (χ4v) is 3.35. The van der Waals surface area contributed by atoms with E-state index in [1.807, 2.05) is 24.3 Å². The predicted octanol–water partition coefficient (Wildman–Crippen LogP) is 7.06. The highest BCUT2D eigenvalue weighted by atomic mass is 35.5. The fraction of sp³-hybridized carbons (Fsp3) is 0.455. The van der Waals surface area contributed by atoms with E-state index >= 15 is 0 Å². The first kappa shape index (κ1) is 24.9. The van der Waals surface area contributed by atoms with Gasteiger partial charge in [0.25, 0.3) is 0 Å². The van der Waals surface area contributed by atoms with Gasteiger partial charge in [0.15, 0.2) is 11.5 Å². The van der Waals surface area contributed by atoms with E-state index in [1.54, 1.807) is 13.2 Å². The highest BCUT2D eigenvalue weighted by Gasteiger charge is 2.12. The van der Waals surface area contributed by atoms with Crippen molar-refractivity contribution >= 4 is 35.6 Å². The summed E-state index contributed by atoms with van der Waals surface area (Å²) < 4.78 is 11.6. The van der Waals surface area contributed by atoms with Gasteiger partial charge in [0.2, 0.25) is 0 Å². The molecule has 0 radical (unpaired) electrons. The molecule has 0 aliphatic heterocycles. The monoisotopic (exact) mass is 445 g/mol. The summed E-state index contributed by atoms with van der Waals surface area (Å²) in [5.41, 5.74) is 1.97. The zero-order valence-electron chi connectivity index (χ0n) is 16.6. The van der Waals surface area contributed by atoms with E-state index in [0.29, 0.717) is 16.7 Å². The van der Waals surface area contributed by atoms with Crippen LogP contribution in [0, 0.1) is 0 Å². The molecule has 2 rings (SSSR count). The predicted molar refractivity (Wildman–Crippen MR) is 122 cm³/mol. The van der Waals surface area contributed by atoms with Crippen molar-refractivity contribution in [3.05, 3.63) is 57.6 Å². The molecule has 2 aromatic carbocycles. The van der Waals surface area contributed by atoms with Gasteiger partial charge in [0, 0.05) is 27.7 Å². The Hall–Kier alpha value is -1.13. The molecule has 0 amide bonds. The quantitative estimate of drug-likeness (QED) is 0.354. The minimum atomic E-state index is 0. The van der Waals surface area contributed by atoms with Gasteiger partial charge in [0.05, 0.1) is 7.11 Å². The first-order valence-electron chi connectivity index (χ1n) is 9.59. The Balaban J connectivity index is 0.00000392. The van der Waals surface area contributed by atoms with Crippen LogP contribution in [0.25, 0.3) is 0 Å². The molecule has 0 aliphatic carbocycles. The summed E-state index contributed by atoms with van der Waals surface area (Å²) in [6.45, 7) is 4.35. The van der Waals surface area contributed by atoms with E-state index in [4.69, 9.17) is 32.7 Å². The molecule has 0 spiro atoms. The van der Waals surface area contributed by atoms with Crippen LogP contribution in [-0.2, 0) is 13.2 Å². The highest BCUT2D eigenvalue weighted by Crippen LogP contribution is 2.32. The fourth-order valence-electron chi connectivity index (χ4n) is 2.89. The molecular weight excluding hydrogens is 417 g/mol. The van der Waals surface area contributed by atoms with E-state index < -0.39 is 0 Å². The van der Waals surface area contributed by atoms with Crippen molar-refractivity contribution in [2.45, 2.75) is 52.2 Å². The molecule has 6 heteroatoms. The smallest absolute Gasteiger partial charge is 0.166 e. The number of nitrogens with one attached hydrogen (secondary N) is 1. The number of hydrogen-bond acceptors (Lipinski definition) is 3. The maximum absolute atomic E-state index is 6.26. The second-order valence-electron chi connectivity index (χ2n) is 6.56. The summed E-state index contributed by atoms with van der Waals surface area (Å²) in [7, 11) is 1.66. The number of rotatable bonds is 12. The number of hydrogen-bond donors (Lipinski definition) is 1. The molecule has 1 N–H and O–H groups in total. The second kappa shape index (κ2) is 13.9. The molecule has 0 bridgehead atoms. The average Bonchev–Trinajstić information content (AvgIpc) is 2.67. The van der Waals surface area contributed by atoms with E-state index in [9.17, 15) is 0 Å². The minimum absolute atomic E-state index is 0. The van der Waals surface area contributed by atoms with Crippen LogP contribution in [0.3, 0.4) is 0 Å². The van der Waals surface area contributed by atoms with Crippen molar-refractivity contribution in [2.24, 2.45) is 0 Å². The highest BCUT2D eigenvalue weighted by molar-refractivity contribution is 6.35. The Morgan fingerprint density at radius 2 is 1.75 bits per heavy atom. The second-order valence-corrected chi connectivity index (χ2v) is 7.41. The molecule has 0 heterocycles. The van der Waals surface area contributed by atoms with E-state index in [1.165, 1.54) is 32.1 Å². The largest absolute Gasteiger partial charge is 0.493 e. The van der Waals surface area contributed by atoms with E-state index in [2.05, 4.69) is 18.3 Å². The number of methoxy groups -OCH3 is 1. The van der Waals surface area contributed by atoms with Crippen LogP contribution >= 0.6 is 35.6 Å². The van der Waals surface area contributed by atoms with Crippen molar-refractivity contribution in [3.8, 4) is 11.5 Å². The van der Waals surface area contributed by atoms with E-state index in [-0.39, 0.29) is 12.4 Å². The van der Waals surface area contributed by atoms with Crippen LogP contribution in [0.5, 0.6) is 11.5 Å². The Labute approximate surface area is 185 Å². The van der Waals surface area contributed by atoms with Crippen LogP contribution in [-0.4, -0.2) is 13.7 Å². The molecule has 0 fully saturated rings. The standard InChI is InChI=1S/C22H29Cl2NO2.ClH/c1-3-4-5-6-7-13-25-15-17-9-8-10-21(26-2)22(17)27-16-18-11-12-19(23)14-20(18)24;/h8-12,14,25H,3-7,13,15-16H2,1-2H3;1H. The van der Waals surface area contributed by atoms with Gasteiger partial charge in [-0.1, -0.05) is 74.0 Å². The van der Waals surface area contributed by atoms with E-state index in [0.717, 1.165) is 35.7 Å². The number of benzene rings is 2. The summed E-state index contributed by atoms with van der Waals surface area (Å²) in [5, 5.41) is 4.72. The summed E-state index contributed by atoms with van der Waals surface area (Å²) in [4.78, 5) is 0. The topological polar surface area (TPSA) is 30.5 Å². The Bertz CT molecular complexity index is 710. The van der Waals surface area contributed by atoms with Gasteiger partial charge in [0.1, 0.15) is 6.61 Å². The molecule has 0 aromatic heterocycles. The van der Waals surface area contributed by atoms with Crippen molar-refractivity contribution in [1.29, 1.82) is 0 Å². The normalized spacial score (nSPS) is 10.4. The Kier molecular flexibility index (Phi) is 12.4. The third-order valence-electron chi connectivity index (χ3n) is 4.44. The summed E-state index contributed by atoms with van der Waals surface area (Å²) in [5.74, 6) is 1.48. The molecule has 0 aliphatic rings. The van der Waals surface area contributed by atoms with Gasteiger partial charge >= 0.3 is 0 Å². The molecular formula is C22H30Cl3NO2. The third kappa shape index (κ3) is 8.08. The van der Waals surface area contributed by atoms with Gasteiger partial charge in [-0.25, -0.2) is 0 Å². The maximum Gasteiger partial charge on any atom is 0.166 e. The van der Waals surface area contributed by atoms with Gasteiger partial charge in [-0.15, -0.1) is 12.4 Å². The first-order chi connectivity index (χ1) is 13.2. The lowest BCUT2D eigenvalue weighted by molar-refractivity contribution is 0.280. The van der Waals surface area contributed by atoms with Crippen molar-refractivity contribution < 1.29 is 9.47 Å². The van der Waals surface area contributed by atoms with Gasteiger partial charge in [-0.2, -0.15) is 0 Å². The SMILES string of the molecule is CCCCCCCNCc1cccc(OC)c1OCc1ccc(Cl)cc1Cl.Cl. The summed E-state index contributed by atoms with van der Waals surface area (Å²) in [6, 6.07) is 11.4. The van der Waals surface area contributed by atoms with Crippen LogP contribution in [0.1, 0.15) is 50.2 Å². The summed E-state index contributed by atoms with van der Waals surface area (Å²) >= 11 is 12.2. The van der Waals surface area contributed by atoms with Crippen molar-refractivity contribution in [2.75, 3.05) is 13.7 Å². The number of para-hydroxylation sites is 1. The van der Waals surface area contributed by atoms with Gasteiger partial charge in [-0.3, -0.25) is 0 Å². The van der Waals surface area contributed by atoms with Gasteiger partial charge in [-0.05, 0) is 31.2 Å². The maximum atomic E-state index is 6.26. The van der Waals surface area contributed by atoms with Gasteiger partial charge < -0.3 is 14.8 Å². The zero-order valence-corrected chi connectivity index (χ0v) is 18.9. The van der Waals surface area contributed by atoms with Crippen LogP contribution in [0.4, 0.5) is 0 Å². The van der Waals surface area contributed by atoms with Crippen molar-refractivity contribution in [1.82, 2.24) is 5.32 Å². The Morgan fingerprint density at radius 3 is 2.46 bits per heavy atom. The molecule has 28 heavy (non-hydrogen) atoms. The molecule has 0 saturated carbocycles. The molecule has 156 valence electrons. The first-order valence-corrected chi connectivity index (χ1v) is 10.3. The zero-order chi connectivity index (χ0) is 19.5. The lowest BCUT2D eigenvalue weighted by atomic mass is 10.1. The molecule has 2 aromatic rings. The third-order valence-corrected chi connectivity index (χ3v) is 5.03. The van der Waals surface area contributed by atoms with Crippen LogP contribution in [0.2, 0.25) is 10.0 Å².